The van der Waals surface area contributed by atoms with E-state index in [9.17, 15) is 19.2 Å². The number of imide groups is 2. The number of rotatable bonds is 2. The Morgan fingerprint density at radius 2 is 1.77 bits per heavy atom. The standard InChI is InChI=1S/C15H15N3O4/c1-17(2)8-3-4-9-10(7-8)15(22)18(14(9)21)11-5-6-12(19)16-13(11)20/h3-4,7,11H,5-6H2,1-2H3,(H,16,19,20). The number of hydrogen-bond acceptors (Lipinski definition) is 5. The van der Waals surface area contributed by atoms with Crippen molar-refractivity contribution >= 4 is 29.3 Å². The fourth-order valence-corrected chi connectivity index (χ4v) is 2.74. The minimum absolute atomic E-state index is 0.118. The maximum Gasteiger partial charge on any atom is 0.262 e. The monoisotopic (exact) mass is 301 g/mol. The highest BCUT2D eigenvalue weighted by atomic mass is 16.2. The SMILES string of the molecule is CN(C)c1ccc2c(c1)C(=O)N(C1CCC(=O)NC1=O)C2=O. The molecule has 0 spiro atoms. The molecule has 7 nitrogen and oxygen atoms in total. The van der Waals surface area contributed by atoms with Gasteiger partial charge in [-0.05, 0) is 24.6 Å². The van der Waals surface area contributed by atoms with Crippen molar-refractivity contribution in [2.75, 3.05) is 19.0 Å². The lowest BCUT2D eigenvalue weighted by molar-refractivity contribution is -0.136. The molecule has 0 saturated carbocycles. The van der Waals surface area contributed by atoms with Crippen molar-refractivity contribution in [2.24, 2.45) is 0 Å². The molecular formula is C15H15N3O4. The molecule has 0 aromatic heterocycles. The van der Waals surface area contributed by atoms with E-state index in [4.69, 9.17) is 0 Å². The van der Waals surface area contributed by atoms with Crippen LogP contribution in [-0.2, 0) is 9.59 Å². The Balaban J connectivity index is 1.96. The second-order valence-electron chi connectivity index (χ2n) is 5.57. The van der Waals surface area contributed by atoms with Gasteiger partial charge in [0.2, 0.25) is 11.8 Å². The third kappa shape index (κ3) is 2.05. The summed E-state index contributed by atoms with van der Waals surface area (Å²) < 4.78 is 0. The minimum atomic E-state index is -0.923. The van der Waals surface area contributed by atoms with Crippen molar-refractivity contribution in [2.45, 2.75) is 18.9 Å². The highest BCUT2D eigenvalue weighted by Crippen LogP contribution is 2.30. The number of carbonyl (C=O) groups is 4. The number of fused-ring (bicyclic) bond motifs is 1. The Kier molecular flexibility index (Phi) is 3.20. The second-order valence-corrected chi connectivity index (χ2v) is 5.57. The molecule has 22 heavy (non-hydrogen) atoms. The van der Waals surface area contributed by atoms with Crippen LogP contribution in [0.3, 0.4) is 0 Å². The van der Waals surface area contributed by atoms with Gasteiger partial charge >= 0.3 is 0 Å². The Hall–Kier alpha value is -2.70. The van der Waals surface area contributed by atoms with E-state index in [1.165, 1.54) is 0 Å². The summed E-state index contributed by atoms with van der Waals surface area (Å²) in [4.78, 5) is 50.9. The Morgan fingerprint density at radius 1 is 1.09 bits per heavy atom. The zero-order valence-corrected chi connectivity index (χ0v) is 12.3. The van der Waals surface area contributed by atoms with E-state index in [1.54, 1.807) is 18.2 Å². The molecule has 1 N–H and O–H groups in total. The van der Waals surface area contributed by atoms with Crippen LogP contribution >= 0.6 is 0 Å². The summed E-state index contributed by atoms with van der Waals surface area (Å²) in [6.07, 6.45) is 0.281. The van der Waals surface area contributed by atoms with E-state index in [2.05, 4.69) is 5.32 Å². The summed E-state index contributed by atoms with van der Waals surface area (Å²) in [5.74, 6) is -1.95. The fourth-order valence-electron chi connectivity index (χ4n) is 2.74. The van der Waals surface area contributed by atoms with Gasteiger partial charge in [0.1, 0.15) is 6.04 Å². The molecule has 7 heteroatoms. The van der Waals surface area contributed by atoms with E-state index >= 15 is 0 Å². The first kappa shape index (κ1) is 14.2. The first-order valence-electron chi connectivity index (χ1n) is 6.93. The quantitative estimate of drug-likeness (QED) is 0.786. The average Bonchev–Trinajstić information content (AvgIpc) is 2.71. The molecule has 2 aliphatic rings. The van der Waals surface area contributed by atoms with Gasteiger partial charge in [-0.15, -0.1) is 0 Å². The van der Waals surface area contributed by atoms with Gasteiger partial charge < -0.3 is 4.90 Å². The molecule has 1 fully saturated rings. The molecule has 4 amide bonds. The third-order valence-corrected chi connectivity index (χ3v) is 3.94. The van der Waals surface area contributed by atoms with Gasteiger partial charge in [0.05, 0.1) is 11.1 Å². The van der Waals surface area contributed by atoms with Crippen molar-refractivity contribution in [3.05, 3.63) is 29.3 Å². The van der Waals surface area contributed by atoms with Crippen LogP contribution in [0.25, 0.3) is 0 Å². The van der Waals surface area contributed by atoms with Crippen LogP contribution in [0.4, 0.5) is 5.69 Å². The summed E-state index contributed by atoms with van der Waals surface area (Å²) in [6, 6.07) is 4.06. The van der Waals surface area contributed by atoms with Crippen LogP contribution < -0.4 is 10.2 Å². The molecule has 1 saturated heterocycles. The van der Waals surface area contributed by atoms with Gasteiger partial charge in [-0.3, -0.25) is 29.4 Å². The topological polar surface area (TPSA) is 86.8 Å². The van der Waals surface area contributed by atoms with Crippen molar-refractivity contribution in [1.82, 2.24) is 10.2 Å². The predicted molar refractivity (Wildman–Crippen MR) is 77.4 cm³/mol. The van der Waals surface area contributed by atoms with E-state index in [0.717, 1.165) is 10.6 Å². The lowest BCUT2D eigenvalue weighted by atomic mass is 10.0. The van der Waals surface area contributed by atoms with Gasteiger partial charge in [0, 0.05) is 26.2 Å². The summed E-state index contributed by atoms with van der Waals surface area (Å²) in [5.41, 5.74) is 1.38. The number of nitrogens with one attached hydrogen (secondary N) is 1. The van der Waals surface area contributed by atoms with Crippen LogP contribution in [0, 0.1) is 0 Å². The highest BCUT2D eigenvalue weighted by molar-refractivity contribution is 6.23. The lowest BCUT2D eigenvalue weighted by Crippen LogP contribution is -2.54. The second kappa shape index (κ2) is 4.94. The summed E-state index contributed by atoms with van der Waals surface area (Å²) in [6.45, 7) is 0. The van der Waals surface area contributed by atoms with Gasteiger partial charge in [0.15, 0.2) is 0 Å². The van der Waals surface area contributed by atoms with Crippen LogP contribution in [0.5, 0.6) is 0 Å². The molecule has 114 valence electrons. The van der Waals surface area contributed by atoms with E-state index in [0.29, 0.717) is 11.1 Å². The average molecular weight is 301 g/mol. The molecule has 2 heterocycles. The number of carbonyl (C=O) groups excluding carboxylic acids is 4. The fraction of sp³-hybridized carbons (Fsp3) is 0.333. The minimum Gasteiger partial charge on any atom is -0.378 e. The summed E-state index contributed by atoms with van der Waals surface area (Å²) >= 11 is 0. The number of benzene rings is 1. The number of nitrogens with zero attached hydrogens (tertiary/aromatic N) is 2. The lowest BCUT2D eigenvalue weighted by Gasteiger charge is -2.27. The van der Waals surface area contributed by atoms with Gasteiger partial charge in [-0.1, -0.05) is 0 Å². The Morgan fingerprint density at radius 3 is 2.41 bits per heavy atom. The molecule has 1 aromatic rings. The van der Waals surface area contributed by atoms with E-state index in [1.807, 2.05) is 19.0 Å². The van der Waals surface area contributed by atoms with Gasteiger partial charge in [0.25, 0.3) is 11.8 Å². The molecule has 1 unspecified atom stereocenters. The molecule has 1 atom stereocenters. The number of anilines is 1. The zero-order valence-electron chi connectivity index (χ0n) is 12.3. The predicted octanol–water partition coefficient (Wildman–Crippen LogP) is 0.154. The van der Waals surface area contributed by atoms with Crippen molar-refractivity contribution in [1.29, 1.82) is 0 Å². The summed E-state index contributed by atoms with van der Waals surface area (Å²) in [5, 5.41) is 2.17. The molecule has 0 radical (unpaired) electrons. The third-order valence-electron chi connectivity index (χ3n) is 3.94. The van der Waals surface area contributed by atoms with Crippen LogP contribution in [0.15, 0.2) is 18.2 Å². The number of amides is 4. The molecule has 0 aliphatic carbocycles. The van der Waals surface area contributed by atoms with E-state index < -0.39 is 23.8 Å². The number of hydrogen-bond donors (Lipinski definition) is 1. The normalized spacial score (nSPS) is 21.0. The maximum atomic E-state index is 12.5. The molecule has 1 aromatic carbocycles. The highest BCUT2D eigenvalue weighted by Gasteiger charge is 2.44. The van der Waals surface area contributed by atoms with Gasteiger partial charge in [-0.25, -0.2) is 0 Å². The first-order chi connectivity index (χ1) is 10.4. The van der Waals surface area contributed by atoms with Crippen LogP contribution in [0.2, 0.25) is 0 Å². The van der Waals surface area contributed by atoms with Crippen LogP contribution in [-0.4, -0.2) is 48.7 Å². The van der Waals surface area contributed by atoms with Crippen LogP contribution in [0.1, 0.15) is 33.6 Å². The van der Waals surface area contributed by atoms with E-state index in [-0.39, 0.29) is 18.7 Å². The first-order valence-corrected chi connectivity index (χ1v) is 6.93. The molecule has 2 aliphatic heterocycles. The molecule has 0 bridgehead atoms. The smallest absolute Gasteiger partial charge is 0.262 e. The summed E-state index contributed by atoms with van der Waals surface area (Å²) in [7, 11) is 3.67. The van der Waals surface area contributed by atoms with Crippen molar-refractivity contribution in [3.8, 4) is 0 Å². The Labute approximate surface area is 126 Å². The Bertz CT molecular complexity index is 711. The van der Waals surface area contributed by atoms with Crippen molar-refractivity contribution < 1.29 is 19.2 Å². The van der Waals surface area contributed by atoms with Gasteiger partial charge in [-0.2, -0.15) is 0 Å². The molecule has 3 rings (SSSR count). The largest absolute Gasteiger partial charge is 0.378 e. The molecular weight excluding hydrogens is 286 g/mol. The number of piperidine rings is 1. The zero-order chi connectivity index (χ0) is 16.0. The van der Waals surface area contributed by atoms with Crippen molar-refractivity contribution in [3.63, 3.8) is 0 Å². The maximum absolute atomic E-state index is 12.5.